The number of allylic oxidation sites excluding steroid dienone is 20. The van der Waals surface area contributed by atoms with Gasteiger partial charge >= 0.3 is 17.9 Å². The second-order valence-electron chi connectivity index (χ2n) is 18.8. The second-order valence-corrected chi connectivity index (χ2v) is 18.8. The maximum atomic E-state index is 12.8. The maximum Gasteiger partial charge on any atom is 0.306 e. The number of hydrogen-bond acceptors (Lipinski definition) is 6. The van der Waals surface area contributed by atoms with Gasteiger partial charge in [-0.25, -0.2) is 0 Å². The van der Waals surface area contributed by atoms with Gasteiger partial charge in [0.25, 0.3) is 0 Å². The fourth-order valence-corrected chi connectivity index (χ4v) is 7.61. The van der Waals surface area contributed by atoms with Crippen LogP contribution < -0.4 is 0 Å². The van der Waals surface area contributed by atoms with Gasteiger partial charge in [0.15, 0.2) is 6.10 Å². The van der Waals surface area contributed by atoms with E-state index in [1.165, 1.54) is 103 Å². The van der Waals surface area contributed by atoms with Crippen LogP contribution in [0.2, 0.25) is 0 Å². The highest BCUT2D eigenvalue weighted by Gasteiger charge is 2.19. The molecule has 0 aliphatic heterocycles. The first kappa shape index (κ1) is 66.8. The van der Waals surface area contributed by atoms with Gasteiger partial charge in [-0.15, -0.1) is 0 Å². The van der Waals surface area contributed by atoms with Crippen molar-refractivity contribution < 1.29 is 28.6 Å². The van der Waals surface area contributed by atoms with Crippen LogP contribution in [0.4, 0.5) is 0 Å². The summed E-state index contributed by atoms with van der Waals surface area (Å²) in [6.07, 6.45) is 80.9. The van der Waals surface area contributed by atoms with Crippen molar-refractivity contribution in [1.29, 1.82) is 0 Å². The Morgan fingerprint density at radius 1 is 0.296 bits per heavy atom. The second kappa shape index (κ2) is 58.4. The Labute approximate surface area is 437 Å². The Morgan fingerprint density at radius 3 is 0.930 bits per heavy atom. The zero-order chi connectivity index (χ0) is 51.4. The van der Waals surface area contributed by atoms with E-state index in [0.717, 1.165) is 103 Å². The predicted octanol–water partition coefficient (Wildman–Crippen LogP) is 19.6. The molecule has 71 heavy (non-hydrogen) atoms. The highest BCUT2D eigenvalue weighted by atomic mass is 16.6. The Kier molecular flexibility index (Phi) is 54.9. The summed E-state index contributed by atoms with van der Waals surface area (Å²) >= 11 is 0. The maximum absolute atomic E-state index is 12.8. The molecule has 0 fully saturated rings. The highest BCUT2D eigenvalue weighted by Crippen LogP contribution is 2.14. The van der Waals surface area contributed by atoms with Gasteiger partial charge in [0, 0.05) is 19.3 Å². The molecule has 0 rings (SSSR count). The first-order chi connectivity index (χ1) is 35.0. The van der Waals surface area contributed by atoms with Crippen LogP contribution in [-0.4, -0.2) is 37.2 Å². The average molecular weight is 984 g/mol. The lowest BCUT2D eigenvalue weighted by molar-refractivity contribution is -0.167. The minimum absolute atomic E-state index is 0.0997. The third-order valence-electron chi connectivity index (χ3n) is 12.0. The van der Waals surface area contributed by atoms with Gasteiger partial charge in [-0.2, -0.15) is 0 Å². The molecule has 0 saturated heterocycles. The summed E-state index contributed by atoms with van der Waals surface area (Å²) in [5.41, 5.74) is 0. The van der Waals surface area contributed by atoms with Crippen LogP contribution in [0, 0.1) is 0 Å². The summed E-state index contributed by atoms with van der Waals surface area (Å²) in [7, 11) is 0. The standard InChI is InChI=1S/C65H106O6/c1-4-7-10-13-16-18-20-22-24-26-28-29-30-31-32-33-34-35-36-37-38-40-41-43-45-47-49-52-55-58-64(67)70-61-62(60-69-63(66)57-54-51-15-12-9-6-3)71-65(68)59-56-53-50-48-46-44-42-39-27-25-23-21-19-17-14-11-8-5-2/h7,10,16,18,22,24-25,27-29,31-32,34-35,37-38,41,43,47,49,62H,4-6,8-9,11-15,17,19-21,23,26,30,33,36,39-40,42,44-46,48,50-61H2,1-3H3/b10-7-,18-16-,24-22-,27-25-,29-28-,32-31-,35-34-,38-37-,43-41-,49-47-. The number of esters is 3. The summed E-state index contributed by atoms with van der Waals surface area (Å²) < 4.78 is 16.7. The fourth-order valence-electron chi connectivity index (χ4n) is 7.61. The van der Waals surface area contributed by atoms with Crippen LogP contribution in [0.1, 0.15) is 252 Å². The van der Waals surface area contributed by atoms with Crippen LogP contribution in [0.15, 0.2) is 122 Å². The molecule has 1 atom stereocenters. The summed E-state index contributed by atoms with van der Waals surface area (Å²) in [6, 6.07) is 0. The van der Waals surface area contributed by atoms with Gasteiger partial charge in [0.1, 0.15) is 13.2 Å². The number of unbranched alkanes of at least 4 members (excludes halogenated alkanes) is 20. The number of ether oxygens (including phenoxy) is 3. The zero-order valence-corrected chi connectivity index (χ0v) is 45.9. The monoisotopic (exact) mass is 983 g/mol. The van der Waals surface area contributed by atoms with E-state index in [9.17, 15) is 14.4 Å². The van der Waals surface area contributed by atoms with E-state index in [1.54, 1.807) is 0 Å². The van der Waals surface area contributed by atoms with Crippen molar-refractivity contribution in [3.05, 3.63) is 122 Å². The molecular weight excluding hydrogens is 877 g/mol. The first-order valence-electron chi connectivity index (χ1n) is 29.0. The lowest BCUT2D eigenvalue weighted by Gasteiger charge is -2.18. The Morgan fingerprint density at radius 2 is 0.563 bits per heavy atom. The molecule has 0 spiro atoms. The molecule has 0 aliphatic rings. The van der Waals surface area contributed by atoms with E-state index in [-0.39, 0.29) is 37.5 Å². The number of carbonyl (C=O) groups is 3. The normalized spacial score (nSPS) is 13.0. The van der Waals surface area contributed by atoms with Crippen LogP contribution in [-0.2, 0) is 28.6 Å². The van der Waals surface area contributed by atoms with Gasteiger partial charge in [0.05, 0.1) is 0 Å². The molecule has 0 N–H and O–H groups in total. The zero-order valence-electron chi connectivity index (χ0n) is 45.9. The molecular formula is C65H106O6. The summed E-state index contributed by atoms with van der Waals surface area (Å²) in [5.74, 6) is -0.979. The van der Waals surface area contributed by atoms with Gasteiger partial charge < -0.3 is 14.2 Å². The smallest absolute Gasteiger partial charge is 0.306 e. The molecule has 0 saturated carbocycles. The SMILES string of the molecule is CC/C=C\C/C=C\C/C=C\C/C=C\C/C=C\C/C=C\C/C=C\C/C=C\C/C=C\CCCC(=O)OCC(COC(=O)CCCCCCCC)OC(=O)CCCCCCCCC/C=C\CCCCCCCCC. The summed E-state index contributed by atoms with van der Waals surface area (Å²) in [5, 5.41) is 0. The minimum Gasteiger partial charge on any atom is -0.462 e. The van der Waals surface area contributed by atoms with E-state index in [0.29, 0.717) is 19.3 Å². The Bertz CT molecular complexity index is 1500. The van der Waals surface area contributed by atoms with Gasteiger partial charge in [-0.3, -0.25) is 14.4 Å². The molecule has 1 unspecified atom stereocenters. The molecule has 6 nitrogen and oxygen atoms in total. The molecule has 0 bridgehead atoms. The van der Waals surface area contributed by atoms with E-state index in [2.05, 4.69) is 142 Å². The highest BCUT2D eigenvalue weighted by molar-refractivity contribution is 5.71. The van der Waals surface area contributed by atoms with Crippen molar-refractivity contribution in [2.45, 2.75) is 258 Å². The lowest BCUT2D eigenvalue weighted by Crippen LogP contribution is -2.30. The van der Waals surface area contributed by atoms with Gasteiger partial charge in [-0.1, -0.05) is 245 Å². The van der Waals surface area contributed by atoms with Crippen molar-refractivity contribution in [3.63, 3.8) is 0 Å². The van der Waals surface area contributed by atoms with Crippen molar-refractivity contribution in [3.8, 4) is 0 Å². The van der Waals surface area contributed by atoms with Crippen molar-refractivity contribution in [2.24, 2.45) is 0 Å². The number of carbonyl (C=O) groups excluding carboxylic acids is 3. The van der Waals surface area contributed by atoms with Crippen LogP contribution >= 0.6 is 0 Å². The number of rotatable bonds is 51. The quantitative estimate of drug-likeness (QED) is 0.0261. The molecule has 0 heterocycles. The minimum atomic E-state index is -0.803. The molecule has 0 radical (unpaired) electrons. The molecule has 0 aromatic heterocycles. The van der Waals surface area contributed by atoms with E-state index < -0.39 is 6.10 Å². The molecule has 0 aromatic carbocycles. The van der Waals surface area contributed by atoms with Crippen molar-refractivity contribution in [2.75, 3.05) is 13.2 Å². The molecule has 6 heteroatoms. The van der Waals surface area contributed by atoms with Crippen molar-refractivity contribution >= 4 is 17.9 Å². The fraction of sp³-hybridized carbons (Fsp3) is 0.646. The van der Waals surface area contributed by atoms with E-state index >= 15 is 0 Å². The largest absolute Gasteiger partial charge is 0.462 e. The third kappa shape index (κ3) is 56.6. The van der Waals surface area contributed by atoms with Crippen LogP contribution in [0.25, 0.3) is 0 Å². The Balaban J connectivity index is 4.28. The lowest BCUT2D eigenvalue weighted by atomic mass is 10.1. The van der Waals surface area contributed by atoms with Crippen molar-refractivity contribution in [1.82, 2.24) is 0 Å². The van der Waals surface area contributed by atoms with E-state index in [4.69, 9.17) is 14.2 Å². The topological polar surface area (TPSA) is 78.9 Å². The Hall–Kier alpha value is -4.19. The first-order valence-corrected chi connectivity index (χ1v) is 29.0. The molecule has 0 aliphatic carbocycles. The van der Waals surface area contributed by atoms with E-state index in [1.807, 2.05) is 0 Å². The van der Waals surface area contributed by atoms with Gasteiger partial charge in [0.2, 0.25) is 0 Å². The van der Waals surface area contributed by atoms with Crippen LogP contribution in [0.5, 0.6) is 0 Å². The summed E-state index contributed by atoms with van der Waals surface area (Å²) in [6.45, 7) is 6.41. The summed E-state index contributed by atoms with van der Waals surface area (Å²) in [4.78, 5) is 37.9. The molecule has 402 valence electrons. The van der Waals surface area contributed by atoms with Crippen LogP contribution in [0.3, 0.4) is 0 Å². The predicted molar refractivity (Wildman–Crippen MR) is 306 cm³/mol. The number of hydrogen-bond donors (Lipinski definition) is 0. The van der Waals surface area contributed by atoms with Gasteiger partial charge in [-0.05, 0) is 109 Å². The molecule has 0 amide bonds. The third-order valence-corrected chi connectivity index (χ3v) is 12.0. The molecule has 0 aromatic rings. The average Bonchev–Trinajstić information content (AvgIpc) is 3.37.